The van der Waals surface area contributed by atoms with Crippen LogP contribution in [0.3, 0.4) is 0 Å². The fourth-order valence-corrected chi connectivity index (χ4v) is 9.06. The highest BCUT2D eigenvalue weighted by molar-refractivity contribution is 5.82. The van der Waals surface area contributed by atoms with Crippen LogP contribution in [-0.4, -0.2) is 0 Å². The third-order valence-electron chi connectivity index (χ3n) is 11.7. The van der Waals surface area contributed by atoms with Crippen LogP contribution < -0.4 is 0 Å². The predicted octanol–water partition coefficient (Wildman–Crippen LogP) is 12.2. The molecule has 0 radical (unpaired) electrons. The van der Waals surface area contributed by atoms with Crippen molar-refractivity contribution in [3.05, 3.63) is 154 Å². The molecular formula is C46H52. The average molecular weight is 605 g/mol. The highest BCUT2D eigenvalue weighted by Gasteiger charge is 2.62. The Balaban J connectivity index is 1.57. The van der Waals surface area contributed by atoms with Crippen molar-refractivity contribution in [2.75, 3.05) is 0 Å². The van der Waals surface area contributed by atoms with Crippen LogP contribution in [0.15, 0.2) is 120 Å². The van der Waals surface area contributed by atoms with Gasteiger partial charge in [-0.3, -0.25) is 0 Å². The zero-order chi connectivity index (χ0) is 32.9. The minimum Gasteiger partial charge on any atom is -0.0726 e. The van der Waals surface area contributed by atoms with Gasteiger partial charge in [0.2, 0.25) is 0 Å². The number of hydrogen-bond donors (Lipinski definition) is 0. The number of fused-ring (bicyclic) bond motifs is 4. The van der Waals surface area contributed by atoms with Crippen molar-refractivity contribution < 1.29 is 0 Å². The highest BCUT2D eigenvalue weighted by atomic mass is 14.6. The third-order valence-corrected chi connectivity index (χ3v) is 11.7. The average Bonchev–Trinajstić information content (AvgIpc) is 3.67. The molecule has 1 fully saturated rings. The topological polar surface area (TPSA) is 0 Å². The van der Waals surface area contributed by atoms with Crippen LogP contribution >= 0.6 is 0 Å². The molecule has 3 aliphatic rings. The molecule has 3 aliphatic carbocycles. The number of allylic oxidation sites excluding steroid dienone is 4. The molecule has 4 aromatic rings. The molecule has 0 spiro atoms. The van der Waals surface area contributed by atoms with E-state index in [2.05, 4.69) is 178 Å². The summed E-state index contributed by atoms with van der Waals surface area (Å²) in [4.78, 5) is 0. The van der Waals surface area contributed by atoms with Crippen molar-refractivity contribution in [3.63, 3.8) is 0 Å². The Bertz CT molecular complexity index is 1800. The van der Waals surface area contributed by atoms with E-state index in [0.717, 1.165) is 6.42 Å². The highest BCUT2D eigenvalue weighted by Crippen LogP contribution is 2.69. The molecule has 0 N–H and O–H groups in total. The molecule has 4 aromatic carbocycles. The fraction of sp³-hybridized carbons (Fsp3) is 0.391. The van der Waals surface area contributed by atoms with Crippen LogP contribution in [0, 0.1) is 11.3 Å². The first-order valence-corrected chi connectivity index (χ1v) is 17.4. The van der Waals surface area contributed by atoms with E-state index in [1.54, 1.807) is 5.57 Å². The first-order valence-electron chi connectivity index (χ1n) is 17.4. The van der Waals surface area contributed by atoms with Gasteiger partial charge in [0.1, 0.15) is 0 Å². The van der Waals surface area contributed by atoms with E-state index in [0.29, 0.717) is 5.92 Å². The zero-order valence-electron chi connectivity index (χ0n) is 29.8. The van der Waals surface area contributed by atoms with E-state index in [4.69, 9.17) is 0 Å². The van der Waals surface area contributed by atoms with E-state index in [9.17, 15) is 0 Å². The third kappa shape index (κ3) is 4.62. The maximum atomic E-state index is 2.68. The van der Waals surface area contributed by atoms with Gasteiger partial charge in [-0.15, -0.1) is 0 Å². The van der Waals surface area contributed by atoms with Crippen LogP contribution in [0.4, 0.5) is 0 Å². The van der Waals surface area contributed by atoms with Crippen molar-refractivity contribution in [2.24, 2.45) is 11.3 Å². The first-order chi connectivity index (χ1) is 21.5. The molecular weight excluding hydrogens is 553 g/mol. The van der Waals surface area contributed by atoms with Crippen LogP contribution in [0.5, 0.6) is 0 Å². The van der Waals surface area contributed by atoms with Gasteiger partial charge in [-0.05, 0) is 72.7 Å². The molecule has 0 amide bonds. The summed E-state index contributed by atoms with van der Waals surface area (Å²) in [5.41, 5.74) is 14.6. The maximum Gasteiger partial charge on any atom is 0.0208 e. The lowest BCUT2D eigenvalue weighted by molar-refractivity contribution is 0.320. The van der Waals surface area contributed by atoms with E-state index < -0.39 is 0 Å². The molecule has 0 aromatic heterocycles. The monoisotopic (exact) mass is 604 g/mol. The lowest BCUT2D eigenvalue weighted by Crippen LogP contribution is -2.38. The summed E-state index contributed by atoms with van der Waals surface area (Å²) in [6, 6.07) is 37.9. The Kier molecular flexibility index (Phi) is 6.86. The van der Waals surface area contributed by atoms with Gasteiger partial charge in [-0.25, -0.2) is 0 Å². The second-order valence-electron chi connectivity index (χ2n) is 17.8. The molecule has 46 heavy (non-hydrogen) atoms. The Morgan fingerprint density at radius 1 is 0.565 bits per heavy atom. The molecule has 0 aliphatic heterocycles. The summed E-state index contributed by atoms with van der Waals surface area (Å²) in [7, 11) is 0. The molecule has 236 valence electrons. The minimum atomic E-state index is -0.156. The number of benzene rings is 4. The van der Waals surface area contributed by atoms with Gasteiger partial charge < -0.3 is 0 Å². The summed E-state index contributed by atoms with van der Waals surface area (Å²) < 4.78 is 0. The molecule has 0 heteroatoms. The van der Waals surface area contributed by atoms with E-state index in [1.165, 1.54) is 50.1 Å². The molecule has 3 unspecified atom stereocenters. The second kappa shape index (κ2) is 10.2. The molecule has 7 rings (SSSR count). The van der Waals surface area contributed by atoms with Crippen molar-refractivity contribution in [1.29, 1.82) is 0 Å². The van der Waals surface area contributed by atoms with Crippen LogP contribution in [0.25, 0.3) is 11.1 Å². The van der Waals surface area contributed by atoms with Gasteiger partial charge in [0.05, 0.1) is 0 Å². The van der Waals surface area contributed by atoms with Crippen LogP contribution in [0.1, 0.15) is 115 Å². The Morgan fingerprint density at radius 3 is 1.50 bits per heavy atom. The molecule has 0 saturated heterocycles. The minimum absolute atomic E-state index is 0.0755. The van der Waals surface area contributed by atoms with Gasteiger partial charge in [-0.2, -0.15) is 0 Å². The van der Waals surface area contributed by atoms with E-state index in [-0.39, 0.29) is 33.0 Å². The molecule has 0 heterocycles. The smallest absolute Gasteiger partial charge is 0.0208 e. The maximum absolute atomic E-state index is 2.68. The summed E-state index contributed by atoms with van der Waals surface area (Å²) in [6.45, 7) is 23.7. The van der Waals surface area contributed by atoms with Crippen molar-refractivity contribution in [2.45, 2.75) is 103 Å². The lowest BCUT2D eigenvalue weighted by atomic mass is 9.59. The van der Waals surface area contributed by atoms with Gasteiger partial charge in [-0.1, -0.05) is 184 Å². The van der Waals surface area contributed by atoms with Crippen LogP contribution in [-0.2, 0) is 21.7 Å². The molecule has 0 nitrogen and oxygen atoms in total. The van der Waals surface area contributed by atoms with Crippen LogP contribution in [0.2, 0.25) is 0 Å². The first kappa shape index (κ1) is 31.0. The van der Waals surface area contributed by atoms with Crippen molar-refractivity contribution in [3.8, 4) is 11.1 Å². The molecule has 1 saturated carbocycles. The lowest BCUT2D eigenvalue weighted by Gasteiger charge is -2.42. The zero-order valence-corrected chi connectivity index (χ0v) is 29.8. The van der Waals surface area contributed by atoms with Crippen molar-refractivity contribution >= 4 is 0 Å². The normalized spacial score (nSPS) is 24.3. The molecule has 3 atom stereocenters. The quantitative estimate of drug-likeness (QED) is 0.218. The van der Waals surface area contributed by atoms with E-state index >= 15 is 0 Å². The van der Waals surface area contributed by atoms with Gasteiger partial charge >= 0.3 is 0 Å². The van der Waals surface area contributed by atoms with Gasteiger partial charge in [0, 0.05) is 22.7 Å². The summed E-state index contributed by atoms with van der Waals surface area (Å²) >= 11 is 0. The fourth-order valence-electron chi connectivity index (χ4n) is 9.06. The van der Waals surface area contributed by atoms with E-state index in [1.807, 2.05) is 0 Å². The molecule has 0 bridgehead atoms. The standard InChI is InChI=1S/C46H52/c1-42(2,3)32-21-23-35-37(25-32)38-26-33(43(4,5)6)22-24-36(38)41(35)46(31-19-15-12-16-20-31)29-45(10,30-17-13-11-14-18-30)39-27-34(28-40(39)46)44(7,8)9/h11-28,40-41H,29H2,1-10H3. The van der Waals surface area contributed by atoms with Crippen molar-refractivity contribution in [1.82, 2.24) is 0 Å². The summed E-state index contributed by atoms with van der Waals surface area (Å²) in [5, 5.41) is 0. The van der Waals surface area contributed by atoms with Gasteiger partial charge in [0.15, 0.2) is 0 Å². The largest absolute Gasteiger partial charge is 0.0726 e. The second-order valence-corrected chi connectivity index (χ2v) is 17.8. The Labute approximate surface area is 278 Å². The Morgan fingerprint density at radius 2 is 1.04 bits per heavy atom. The Hall–Kier alpha value is -3.64. The van der Waals surface area contributed by atoms with Gasteiger partial charge in [0.25, 0.3) is 0 Å². The SMILES string of the molecule is CC(C)(C)C1=CC2C(=C1)C(C)(c1ccccc1)CC2(c1ccccc1)C1c2ccc(C(C)(C)C)cc2-c2cc(C(C)(C)C)ccc21. The predicted molar refractivity (Wildman–Crippen MR) is 197 cm³/mol. The summed E-state index contributed by atoms with van der Waals surface area (Å²) in [5.74, 6) is 0.528. The summed E-state index contributed by atoms with van der Waals surface area (Å²) in [6.07, 6.45) is 6.34. The number of hydrogen-bond acceptors (Lipinski definition) is 0. The number of rotatable bonds is 3.